The Morgan fingerprint density at radius 3 is 2.43 bits per heavy atom. The van der Waals surface area contributed by atoms with Crippen LogP contribution in [0.2, 0.25) is 0 Å². The van der Waals surface area contributed by atoms with Crippen LogP contribution in [0.4, 0.5) is 4.79 Å². The van der Waals surface area contributed by atoms with Gasteiger partial charge in [-0.25, -0.2) is 4.79 Å². The highest BCUT2D eigenvalue weighted by Gasteiger charge is 2.43. The normalized spacial score (nSPS) is 17.9. The van der Waals surface area contributed by atoms with E-state index in [4.69, 9.17) is 0 Å². The lowest BCUT2D eigenvalue weighted by Gasteiger charge is -2.34. The van der Waals surface area contributed by atoms with Gasteiger partial charge in [0, 0.05) is 42.7 Å². The van der Waals surface area contributed by atoms with Gasteiger partial charge in [0.05, 0.1) is 12.7 Å². The topological polar surface area (TPSA) is 67.2 Å². The molecular weight excluding hydrogens is 520 g/mol. The van der Waals surface area contributed by atoms with E-state index >= 15 is 0 Å². The minimum Gasteiger partial charge on any atom is -0.333 e. The van der Waals surface area contributed by atoms with Gasteiger partial charge in [0.1, 0.15) is 5.78 Å². The molecule has 1 aromatic heterocycles. The minimum atomic E-state index is -0.304. The van der Waals surface area contributed by atoms with Crippen LogP contribution in [0, 0.1) is 5.92 Å². The van der Waals surface area contributed by atoms with Crippen LogP contribution in [0.25, 0.3) is 11.1 Å². The average Bonchev–Trinajstić information content (AvgIpc) is 3.67. The van der Waals surface area contributed by atoms with Gasteiger partial charge in [-0.05, 0) is 79.3 Å². The molecule has 0 spiro atoms. The highest BCUT2D eigenvalue weighted by atomic mass is 16.2. The van der Waals surface area contributed by atoms with E-state index in [0.717, 1.165) is 24.9 Å². The summed E-state index contributed by atoms with van der Waals surface area (Å²) in [6, 6.07) is 25.1. The molecule has 4 aromatic rings. The van der Waals surface area contributed by atoms with E-state index in [2.05, 4.69) is 65.1 Å². The average molecular weight is 561 g/mol. The number of carbonyl (C=O) groups is 2. The molecule has 3 aromatic carbocycles. The van der Waals surface area contributed by atoms with Gasteiger partial charge in [-0.1, -0.05) is 72.8 Å². The molecule has 1 unspecified atom stereocenters. The van der Waals surface area contributed by atoms with Crippen molar-refractivity contribution < 1.29 is 9.59 Å². The molecule has 0 radical (unpaired) electrons. The van der Waals surface area contributed by atoms with E-state index in [0.29, 0.717) is 37.6 Å². The van der Waals surface area contributed by atoms with Crippen molar-refractivity contribution >= 4 is 11.8 Å². The summed E-state index contributed by atoms with van der Waals surface area (Å²) in [6.07, 6.45) is 7.00. The molecule has 2 heterocycles. The number of hydrogen-bond donors (Lipinski definition) is 1. The van der Waals surface area contributed by atoms with Crippen LogP contribution in [0.15, 0.2) is 85.2 Å². The van der Waals surface area contributed by atoms with Crippen molar-refractivity contribution in [1.82, 2.24) is 20.0 Å². The Hall–Kier alpha value is -4.19. The second-order valence-electron chi connectivity index (χ2n) is 12.8. The first-order valence-corrected chi connectivity index (χ1v) is 15.1. The fourth-order valence-corrected chi connectivity index (χ4v) is 6.24. The third kappa shape index (κ3) is 6.33. The maximum Gasteiger partial charge on any atom is 0.318 e. The van der Waals surface area contributed by atoms with E-state index in [1.54, 1.807) is 0 Å². The quantitative estimate of drug-likeness (QED) is 0.259. The summed E-state index contributed by atoms with van der Waals surface area (Å²) in [5, 5.41) is 7.78. The van der Waals surface area contributed by atoms with Crippen molar-refractivity contribution in [1.29, 1.82) is 0 Å². The number of ketones is 1. The van der Waals surface area contributed by atoms with Crippen LogP contribution >= 0.6 is 0 Å². The van der Waals surface area contributed by atoms with Crippen molar-refractivity contribution in [2.45, 2.75) is 71.0 Å². The monoisotopic (exact) mass is 560 g/mol. The number of Topliss-reactive ketones (excluding diaryl/α,β-unsaturated/α-hetero) is 1. The summed E-state index contributed by atoms with van der Waals surface area (Å²) in [5.41, 5.74) is 8.05. The summed E-state index contributed by atoms with van der Waals surface area (Å²) < 4.78 is 1.98. The lowest BCUT2D eigenvalue weighted by atomic mass is 9.86. The van der Waals surface area contributed by atoms with Gasteiger partial charge < -0.3 is 10.2 Å². The highest BCUT2D eigenvalue weighted by molar-refractivity contribution is 5.85. The number of benzene rings is 3. The number of aryl methyl sites for hydroxylation is 1. The number of amides is 2. The van der Waals surface area contributed by atoms with Gasteiger partial charge in [-0.3, -0.25) is 9.48 Å². The third-order valence-corrected chi connectivity index (χ3v) is 8.48. The first-order valence-electron chi connectivity index (χ1n) is 15.1. The van der Waals surface area contributed by atoms with E-state index in [1.807, 2.05) is 60.8 Å². The number of nitrogens with zero attached hydrogens (tertiary/aromatic N) is 3. The minimum absolute atomic E-state index is 0.0417. The van der Waals surface area contributed by atoms with Gasteiger partial charge in [-0.15, -0.1) is 0 Å². The number of hydrogen-bond acceptors (Lipinski definition) is 3. The number of carbonyl (C=O) groups excluding carboxylic acids is 2. The van der Waals surface area contributed by atoms with E-state index in [1.165, 1.54) is 33.4 Å². The molecular formula is C36H40N4O2. The molecule has 6 nitrogen and oxygen atoms in total. The SMILES string of the molecule is CC(C)(C)NC(=O)N1CCc2c(-c3cnn(Cc4ccccc4)c3)ccc(CCC(=O)C3C[C@H]3c3ccccc3)c2C1. The zero-order chi connectivity index (χ0) is 29.3. The maximum atomic E-state index is 13.2. The number of fused-ring (bicyclic) bond motifs is 1. The van der Waals surface area contributed by atoms with Gasteiger partial charge >= 0.3 is 6.03 Å². The molecule has 2 atom stereocenters. The summed E-state index contributed by atoms with van der Waals surface area (Å²) in [5.74, 6) is 0.841. The fourth-order valence-electron chi connectivity index (χ4n) is 6.24. The molecule has 0 saturated heterocycles. The highest BCUT2D eigenvalue weighted by Crippen LogP contribution is 2.48. The first-order chi connectivity index (χ1) is 20.2. The lowest BCUT2D eigenvalue weighted by Crippen LogP contribution is -2.50. The first kappa shape index (κ1) is 28.0. The van der Waals surface area contributed by atoms with Crippen molar-refractivity contribution in [2.24, 2.45) is 5.92 Å². The van der Waals surface area contributed by atoms with Crippen molar-refractivity contribution in [2.75, 3.05) is 6.54 Å². The summed E-state index contributed by atoms with van der Waals surface area (Å²) in [6.45, 7) is 7.93. The molecule has 6 rings (SSSR count). The van der Waals surface area contributed by atoms with Crippen molar-refractivity contribution in [3.63, 3.8) is 0 Å². The number of nitrogens with one attached hydrogen (secondary N) is 1. The standard InChI is InChI=1S/C36H40N4O2/c1-36(2,3)38-35(42)39-19-18-30-29(28-21-37-40(23-28)22-25-10-6-4-7-11-25)16-14-27(33(30)24-39)15-17-34(41)32-20-31(32)26-12-8-5-9-13-26/h4-14,16,21,23,31-32H,15,17-20,22,24H2,1-3H3,(H,38,42)/t31-,32?/m0/s1. The second-order valence-corrected chi connectivity index (χ2v) is 12.8. The largest absolute Gasteiger partial charge is 0.333 e. The van der Waals surface area contributed by atoms with Crippen molar-refractivity contribution in [3.05, 3.63) is 113 Å². The number of rotatable bonds is 8. The third-order valence-electron chi connectivity index (χ3n) is 8.48. The molecule has 216 valence electrons. The van der Waals surface area contributed by atoms with Gasteiger partial charge in [0.15, 0.2) is 0 Å². The smallest absolute Gasteiger partial charge is 0.318 e. The Kier molecular flexibility index (Phi) is 7.72. The molecule has 1 saturated carbocycles. The van der Waals surface area contributed by atoms with E-state index < -0.39 is 0 Å². The van der Waals surface area contributed by atoms with E-state index in [-0.39, 0.29) is 17.5 Å². The Balaban J connectivity index is 1.23. The van der Waals surface area contributed by atoms with Crippen LogP contribution in [-0.4, -0.2) is 38.6 Å². The molecule has 1 fully saturated rings. The molecule has 2 aliphatic rings. The number of aromatic nitrogens is 2. The predicted octanol–water partition coefficient (Wildman–Crippen LogP) is 6.77. The molecule has 1 aliphatic carbocycles. The molecule has 1 N–H and O–H groups in total. The Bertz CT molecular complexity index is 1570. The van der Waals surface area contributed by atoms with Crippen LogP contribution in [0.1, 0.15) is 67.3 Å². The second kappa shape index (κ2) is 11.6. The molecule has 1 aliphatic heterocycles. The summed E-state index contributed by atoms with van der Waals surface area (Å²) in [4.78, 5) is 28.3. The molecule has 6 heteroatoms. The Labute approximate surface area is 248 Å². The van der Waals surface area contributed by atoms with Crippen LogP contribution in [0.5, 0.6) is 0 Å². The zero-order valence-electron chi connectivity index (χ0n) is 24.8. The number of urea groups is 1. The van der Waals surface area contributed by atoms with Crippen LogP contribution in [-0.2, 0) is 30.7 Å². The molecule has 0 bridgehead atoms. The maximum absolute atomic E-state index is 13.2. The summed E-state index contributed by atoms with van der Waals surface area (Å²) in [7, 11) is 0. The van der Waals surface area contributed by atoms with Crippen LogP contribution < -0.4 is 5.32 Å². The Morgan fingerprint density at radius 2 is 1.69 bits per heavy atom. The molecule has 42 heavy (non-hydrogen) atoms. The summed E-state index contributed by atoms with van der Waals surface area (Å²) >= 11 is 0. The van der Waals surface area contributed by atoms with Crippen LogP contribution in [0.3, 0.4) is 0 Å². The van der Waals surface area contributed by atoms with Gasteiger partial charge in [0.25, 0.3) is 0 Å². The van der Waals surface area contributed by atoms with Gasteiger partial charge in [0.2, 0.25) is 0 Å². The fraction of sp³-hybridized carbons (Fsp3) is 0.361. The van der Waals surface area contributed by atoms with Crippen molar-refractivity contribution in [3.8, 4) is 11.1 Å². The van der Waals surface area contributed by atoms with Gasteiger partial charge in [-0.2, -0.15) is 5.10 Å². The van der Waals surface area contributed by atoms with E-state index in [9.17, 15) is 9.59 Å². The Morgan fingerprint density at radius 1 is 0.952 bits per heavy atom. The molecule has 2 amide bonds. The zero-order valence-corrected chi connectivity index (χ0v) is 24.8. The lowest BCUT2D eigenvalue weighted by molar-refractivity contribution is -0.120. The predicted molar refractivity (Wildman–Crippen MR) is 166 cm³/mol.